The van der Waals surface area contributed by atoms with Gasteiger partial charge in [0.05, 0.1) is 6.04 Å². The van der Waals surface area contributed by atoms with Gasteiger partial charge in [-0.3, -0.25) is 24.2 Å². The van der Waals surface area contributed by atoms with Crippen molar-refractivity contribution >= 4 is 48.2 Å². The number of aliphatic carboxylic acids is 1. The molecule has 1 heterocycles. The number of nitrogens with two attached hydrogens (primary N) is 4. The molecule has 1 rings (SSSR count). The lowest BCUT2D eigenvalue weighted by Crippen LogP contribution is -2.56. The van der Waals surface area contributed by atoms with Crippen LogP contribution in [0, 0.1) is 0 Å². The maximum atomic E-state index is 13.0. The van der Waals surface area contributed by atoms with Crippen LogP contribution in [0.1, 0.15) is 38.5 Å². The molecule has 0 radical (unpaired) electrons. The first-order valence-electron chi connectivity index (χ1n) is 10.8. The van der Waals surface area contributed by atoms with E-state index in [1.165, 1.54) is 4.90 Å². The molecule has 0 bridgehead atoms. The molecule has 4 atom stereocenters. The standard InChI is InChI=1S/C19H34N8O6S/c20-10(5-6-14(21)28)17(31)27-8-2-4-13(27)16(30)25-11(3-1-7-24-19(22)23)15(29)26-12(9-34)18(32)33/h10-13,34H,1-9,20H2,(H2,21,28)(H,25,30)(H,26,29)(H,32,33)(H4,22,23,24). The Morgan fingerprint density at radius 2 is 1.76 bits per heavy atom. The Labute approximate surface area is 202 Å². The number of hydrogen-bond acceptors (Lipinski definition) is 8. The number of carbonyl (C=O) groups excluding carboxylic acids is 4. The van der Waals surface area contributed by atoms with Crippen LogP contribution in [0.25, 0.3) is 0 Å². The predicted octanol–water partition coefficient (Wildman–Crippen LogP) is -3.39. The lowest BCUT2D eigenvalue weighted by Gasteiger charge is -2.28. The van der Waals surface area contributed by atoms with Gasteiger partial charge < -0.3 is 43.6 Å². The third-order valence-corrected chi connectivity index (χ3v) is 5.60. The van der Waals surface area contributed by atoms with Crippen molar-refractivity contribution in [2.24, 2.45) is 27.9 Å². The van der Waals surface area contributed by atoms with E-state index in [0.29, 0.717) is 25.8 Å². The third-order valence-electron chi connectivity index (χ3n) is 5.23. The summed E-state index contributed by atoms with van der Waals surface area (Å²) in [6.45, 7) is 0.489. The summed E-state index contributed by atoms with van der Waals surface area (Å²) in [6, 6.07) is -4.20. The Morgan fingerprint density at radius 3 is 2.32 bits per heavy atom. The van der Waals surface area contributed by atoms with E-state index in [0.717, 1.165) is 0 Å². The Morgan fingerprint density at radius 1 is 1.09 bits per heavy atom. The Hall–Kier alpha value is -3.07. The van der Waals surface area contributed by atoms with Gasteiger partial charge in [0.25, 0.3) is 0 Å². The molecule has 0 saturated carbocycles. The van der Waals surface area contributed by atoms with Crippen LogP contribution in [-0.2, 0) is 24.0 Å². The molecule has 15 heteroatoms. The van der Waals surface area contributed by atoms with E-state index >= 15 is 0 Å². The fourth-order valence-corrected chi connectivity index (χ4v) is 3.68. The molecular weight excluding hydrogens is 468 g/mol. The van der Waals surface area contributed by atoms with Crippen LogP contribution in [0.2, 0.25) is 0 Å². The lowest BCUT2D eigenvalue weighted by molar-refractivity contribution is -0.142. The highest BCUT2D eigenvalue weighted by Gasteiger charge is 2.37. The summed E-state index contributed by atoms with van der Waals surface area (Å²) in [7, 11) is 0. The third kappa shape index (κ3) is 9.43. The number of carboxylic acids is 1. The predicted molar refractivity (Wildman–Crippen MR) is 126 cm³/mol. The van der Waals surface area contributed by atoms with Crippen molar-refractivity contribution in [2.75, 3.05) is 18.8 Å². The number of carbonyl (C=O) groups is 5. The number of primary amides is 1. The largest absolute Gasteiger partial charge is 0.480 e. The van der Waals surface area contributed by atoms with Crippen LogP contribution in [0.4, 0.5) is 0 Å². The van der Waals surface area contributed by atoms with Gasteiger partial charge in [-0.15, -0.1) is 0 Å². The molecule has 14 nitrogen and oxygen atoms in total. The fourth-order valence-electron chi connectivity index (χ4n) is 3.44. The summed E-state index contributed by atoms with van der Waals surface area (Å²) in [5.74, 6) is -3.92. The zero-order valence-corrected chi connectivity index (χ0v) is 19.7. The molecule has 4 amide bonds. The van der Waals surface area contributed by atoms with Crippen molar-refractivity contribution in [3.05, 3.63) is 0 Å². The van der Waals surface area contributed by atoms with Crippen molar-refractivity contribution < 1.29 is 29.1 Å². The molecule has 1 aliphatic heterocycles. The van der Waals surface area contributed by atoms with E-state index in [4.69, 9.17) is 22.9 Å². The number of carboxylic acid groups (broad SMARTS) is 1. The first-order valence-corrected chi connectivity index (χ1v) is 11.4. The Kier molecular flexibility index (Phi) is 12.1. The van der Waals surface area contributed by atoms with Crippen molar-refractivity contribution in [2.45, 2.75) is 62.7 Å². The SMILES string of the molecule is NC(=O)CCC(N)C(=O)N1CCCC1C(=O)NC(CCCN=C(N)N)C(=O)NC(CS)C(=O)O. The van der Waals surface area contributed by atoms with Gasteiger partial charge in [-0.05, 0) is 32.1 Å². The minimum Gasteiger partial charge on any atom is -0.480 e. The van der Waals surface area contributed by atoms with Gasteiger partial charge in [-0.25, -0.2) is 4.79 Å². The molecule has 1 aliphatic rings. The van der Waals surface area contributed by atoms with Crippen LogP contribution in [0.15, 0.2) is 4.99 Å². The molecule has 0 spiro atoms. The van der Waals surface area contributed by atoms with Crippen LogP contribution in [-0.4, -0.2) is 88.6 Å². The zero-order valence-electron chi connectivity index (χ0n) is 18.8. The van der Waals surface area contributed by atoms with Crippen LogP contribution < -0.4 is 33.6 Å². The molecule has 0 aromatic rings. The summed E-state index contributed by atoms with van der Waals surface area (Å²) in [4.78, 5) is 65.8. The van der Waals surface area contributed by atoms with Gasteiger partial charge in [0.15, 0.2) is 5.96 Å². The lowest BCUT2D eigenvalue weighted by atomic mass is 10.1. The average Bonchev–Trinajstić information content (AvgIpc) is 3.26. The second-order valence-corrected chi connectivity index (χ2v) is 8.26. The average molecular weight is 503 g/mol. The molecule has 34 heavy (non-hydrogen) atoms. The number of hydrogen-bond donors (Lipinski definition) is 8. The monoisotopic (exact) mass is 502 g/mol. The number of likely N-dealkylation sites (tertiary alicyclic amines) is 1. The number of nitrogens with zero attached hydrogens (tertiary/aromatic N) is 2. The molecular formula is C19H34N8O6S. The number of rotatable bonds is 14. The second-order valence-electron chi connectivity index (χ2n) is 7.89. The number of guanidine groups is 1. The van der Waals surface area contributed by atoms with Gasteiger partial charge in [0, 0.05) is 25.3 Å². The van der Waals surface area contributed by atoms with E-state index in [-0.39, 0.29) is 37.5 Å². The topological polar surface area (TPSA) is 249 Å². The number of aliphatic imine (C=N–C) groups is 1. The van der Waals surface area contributed by atoms with Gasteiger partial charge in [-0.2, -0.15) is 12.6 Å². The van der Waals surface area contributed by atoms with Crippen LogP contribution in [0.5, 0.6) is 0 Å². The molecule has 1 fully saturated rings. The van der Waals surface area contributed by atoms with Crippen LogP contribution in [0.3, 0.4) is 0 Å². The van der Waals surface area contributed by atoms with Crippen molar-refractivity contribution in [3.8, 4) is 0 Å². The molecule has 192 valence electrons. The van der Waals surface area contributed by atoms with E-state index in [1.54, 1.807) is 0 Å². The number of nitrogens with one attached hydrogen (secondary N) is 2. The van der Waals surface area contributed by atoms with E-state index in [9.17, 15) is 29.1 Å². The zero-order chi connectivity index (χ0) is 25.8. The highest BCUT2D eigenvalue weighted by atomic mass is 32.1. The van der Waals surface area contributed by atoms with Gasteiger partial charge >= 0.3 is 5.97 Å². The second kappa shape index (κ2) is 14.2. The minimum atomic E-state index is -1.27. The van der Waals surface area contributed by atoms with Crippen LogP contribution >= 0.6 is 12.6 Å². The van der Waals surface area contributed by atoms with Crippen molar-refractivity contribution in [1.82, 2.24) is 15.5 Å². The maximum Gasteiger partial charge on any atom is 0.327 e. The van der Waals surface area contributed by atoms with Gasteiger partial charge in [0.2, 0.25) is 23.6 Å². The normalized spacial score (nSPS) is 17.8. The summed E-state index contributed by atoms with van der Waals surface area (Å²) in [5.41, 5.74) is 21.5. The van der Waals surface area contributed by atoms with E-state index in [2.05, 4.69) is 28.3 Å². The maximum absolute atomic E-state index is 13.0. The molecule has 1 saturated heterocycles. The molecule has 0 aliphatic carbocycles. The quantitative estimate of drug-likeness (QED) is 0.0509. The first-order chi connectivity index (χ1) is 16.0. The fraction of sp³-hybridized carbons (Fsp3) is 0.684. The number of thiol groups is 1. The minimum absolute atomic E-state index is 0.0507. The summed E-state index contributed by atoms with van der Waals surface area (Å²) < 4.78 is 0. The molecule has 0 aromatic carbocycles. The van der Waals surface area contributed by atoms with Gasteiger partial charge in [0.1, 0.15) is 18.1 Å². The van der Waals surface area contributed by atoms with Gasteiger partial charge in [-0.1, -0.05) is 0 Å². The smallest absolute Gasteiger partial charge is 0.327 e. The summed E-state index contributed by atoms with van der Waals surface area (Å²) in [6.07, 6.45) is 1.33. The molecule has 0 aromatic heterocycles. The van der Waals surface area contributed by atoms with E-state index < -0.39 is 53.8 Å². The highest BCUT2D eigenvalue weighted by molar-refractivity contribution is 7.80. The molecule has 4 unspecified atom stereocenters. The van der Waals surface area contributed by atoms with Crippen molar-refractivity contribution in [3.63, 3.8) is 0 Å². The van der Waals surface area contributed by atoms with E-state index in [1.807, 2.05) is 0 Å². The summed E-state index contributed by atoms with van der Waals surface area (Å²) >= 11 is 3.92. The Balaban J connectivity index is 2.90. The Bertz CT molecular complexity index is 791. The first kappa shape index (κ1) is 29.0. The molecule has 11 N–H and O–H groups in total. The van der Waals surface area contributed by atoms with Crippen molar-refractivity contribution in [1.29, 1.82) is 0 Å². The summed E-state index contributed by atoms with van der Waals surface area (Å²) in [5, 5.41) is 14.1. The number of amides is 4. The highest BCUT2D eigenvalue weighted by Crippen LogP contribution is 2.19.